The number of carbonyl (C=O) groups excluding carboxylic acids is 1. The molecule has 0 bridgehead atoms. The number of ketones is 1. The summed E-state index contributed by atoms with van der Waals surface area (Å²) in [5.74, 6) is 0.302. The van der Waals surface area contributed by atoms with Gasteiger partial charge < -0.3 is 0 Å². The van der Waals surface area contributed by atoms with Crippen LogP contribution >= 0.6 is 0 Å². The fourth-order valence-corrected chi connectivity index (χ4v) is 5.40. The number of fused-ring (bicyclic) bond motifs is 4. The Hall–Kier alpha value is -4.11. The van der Waals surface area contributed by atoms with Gasteiger partial charge in [0, 0.05) is 34.4 Å². The molecule has 0 N–H and O–H groups in total. The summed E-state index contributed by atoms with van der Waals surface area (Å²) in [5.41, 5.74) is 6.50. The van der Waals surface area contributed by atoms with Crippen molar-refractivity contribution in [3.05, 3.63) is 108 Å². The van der Waals surface area contributed by atoms with Crippen molar-refractivity contribution in [1.29, 1.82) is 0 Å². The molecule has 0 fully saturated rings. The van der Waals surface area contributed by atoms with Crippen molar-refractivity contribution in [1.82, 2.24) is 9.97 Å². The van der Waals surface area contributed by atoms with Crippen molar-refractivity contribution in [3.63, 3.8) is 0 Å². The Kier molecular flexibility index (Phi) is 6.13. The average Bonchev–Trinajstić information content (AvgIpc) is 2.92. The van der Waals surface area contributed by atoms with Gasteiger partial charge in [-0.1, -0.05) is 79.2 Å². The standard InChI is InChI=1S/C33H28N2O/c36-23(22-29-27-16-6-10-20-32(27)35-33-21-11-7-17-28(29)33)12-2-1-3-13-24-25-14-4-8-18-30(25)34-31-19-9-5-15-26(24)31/h4-11,14-21H,1-3,12-13,22H2. The molecule has 2 aromatic heterocycles. The molecule has 0 spiro atoms. The maximum absolute atomic E-state index is 13.1. The van der Waals surface area contributed by atoms with E-state index in [1.807, 2.05) is 36.4 Å². The number of hydrogen-bond acceptors (Lipinski definition) is 3. The largest absolute Gasteiger partial charge is 0.299 e. The molecule has 0 saturated carbocycles. The van der Waals surface area contributed by atoms with Gasteiger partial charge in [0.05, 0.1) is 22.1 Å². The van der Waals surface area contributed by atoms with Gasteiger partial charge in [-0.15, -0.1) is 0 Å². The first-order chi connectivity index (χ1) is 17.8. The van der Waals surface area contributed by atoms with Crippen LogP contribution < -0.4 is 0 Å². The van der Waals surface area contributed by atoms with Crippen molar-refractivity contribution >= 4 is 49.4 Å². The average molecular weight is 469 g/mol. The molecule has 4 aromatic carbocycles. The number of benzene rings is 4. The minimum atomic E-state index is 0.302. The van der Waals surface area contributed by atoms with Gasteiger partial charge in [-0.3, -0.25) is 4.79 Å². The molecule has 0 atom stereocenters. The number of rotatable bonds is 8. The highest BCUT2D eigenvalue weighted by Gasteiger charge is 2.13. The lowest BCUT2D eigenvalue weighted by Gasteiger charge is -2.11. The smallest absolute Gasteiger partial charge is 0.137 e. The molecule has 0 radical (unpaired) electrons. The number of Topliss-reactive ketones (excluding diaryl/α,β-unsaturated/α-hetero) is 1. The van der Waals surface area contributed by atoms with Gasteiger partial charge in [-0.2, -0.15) is 0 Å². The Morgan fingerprint density at radius 1 is 0.500 bits per heavy atom. The van der Waals surface area contributed by atoms with Crippen LogP contribution in [0.15, 0.2) is 97.1 Å². The summed E-state index contributed by atoms with van der Waals surface area (Å²) in [7, 11) is 0. The lowest BCUT2D eigenvalue weighted by atomic mass is 9.95. The number of carbonyl (C=O) groups is 1. The minimum Gasteiger partial charge on any atom is -0.299 e. The molecule has 36 heavy (non-hydrogen) atoms. The Balaban J connectivity index is 1.14. The summed E-state index contributed by atoms with van der Waals surface area (Å²) in [6.45, 7) is 0. The molecule has 0 amide bonds. The van der Waals surface area contributed by atoms with Crippen molar-refractivity contribution in [3.8, 4) is 0 Å². The van der Waals surface area contributed by atoms with Crippen LogP contribution in [0, 0.1) is 0 Å². The monoisotopic (exact) mass is 468 g/mol. The van der Waals surface area contributed by atoms with E-state index in [1.54, 1.807) is 0 Å². The second-order valence-electron chi connectivity index (χ2n) is 9.53. The first kappa shape index (κ1) is 22.4. The molecule has 6 aromatic rings. The number of nitrogens with zero attached hydrogens (tertiary/aromatic N) is 2. The van der Waals surface area contributed by atoms with E-state index in [-0.39, 0.29) is 0 Å². The molecular weight excluding hydrogens is 440 g/mol. The normalized spacial score (nSPS) is 11.6. The van der Waals surface area contributed by atoms with Crippen LogP contribution in [-0.4, -0.2) is 15.8 Å². The topological polar surface area (TPSA) is 42.9 Å². The van der Waals surface area contributed by atoms with E-state index in [0.717, 1.165) is 64.1 Å². The minimum absolute atomic E-state index is 0.302. The Labute approximate surface area is 210 Å². The SMILES string of the molecule is O=C(CCCCCc1c2ccccc2nc2ccccc12)Cc1c2ccccc2nc2ccccc12. The fourth-order valence-electron chi connectivity index (χ4n) is 5.40. The zero-order valence-electron chi connectivity index (χ0n) is 20.3. The van der Waals surface area contributed by atoms with E-state index < -0.39 is 0 Å². The second-order valence-corrected chi connectivity index (χ2v) is 9.53. The highest BCUT2D eigenvalue weighted by Crippen LogP contribution is 2.29. The van der Waals surface area contributed by atoms with Crippen LogP contribution in [0.25, 0.3) is 43.6 Å². The molecule has 0 saturated heterocycles. The second kappa shape index (κ2) is 9.87. The molecule has 3 heteroatoms. The van der Waals surface area contributed by atoms with Gasteiger partial charge in [0.25, 0.3) is 0 Å². The highest BCUT2D eigenvalue weighted by atomic mass is 16.1. The lowest BCUT2D eigenvalue weighted by molar-refractivity contribution is -0.118. The predicted molar refractivity (Wildman–Crippen MR) is 149 cm³/mol. The third-order valence-corrected chi connectivity index (χ3v) is 7.15. The van der Waals surface area contributed by atoms with Crippen molar-refractivity contribution < 1.29 is 4.79 Å². The summed E-state index contributed by atoms with van der Waals surface area (Å²) in [6, 6.07) is 33.1. The summed E-state index contributed by atoms with van der Waals surface area (Å²) < 4.78 is 0. The van der Waals surface area contributed by atoms with Crippen LogP contribution in [0.5, 0.6) is 0 Å². The quantitative estimate of drug-likeness (QED) is 0.168. The van der Waals surface area contributed by atoms with Gasteiger partial charge in [0.1, 0.15) is 5.78 Å². The zero-order chi connectivity index (χ0) is 24.3. The van der Waals surface area contributed by atoms with E-state index >= 15 is 0 Å². The van der Waals surface area contributed by atoms with E-state index in [4.69, 9.17) is 9.97 Å². The van der Waals surface area contributed by atoms with Crippen LogP contribution in [0.2, 0.25) is 0 Å². The Morgan fingerprint density at radius 2 is 0.917 bits per heavy atom. The number of aromatic nitrogens is 2. The molecule has 0 aliphatic heterocycles. The molecule has 6 rings (SSSR count). The molecule has 176 valence electrons. The maximum atomic E-state index is 13.1. The maximum Gasteiger partial charge on any atom is 0.137 e. The number of aryl methyl sites for hydroxylation is 1. The van der Waals surface area contributed by atoms with Gasteiger partial charge in [0.2, 0.25) is 0 Å². The molecule has 0 aliphatic carbocycles. The van der Waals surface area contributed by atoms with Crippen molar-refractivity contribution in [2.45, 2.75) is 38.5 Å². The zero-order valence-corrected chi connectivity index (χ0v) is 20.3. The number of pyridine rings is 2. The van der Waals surface area contributed by atoms with Crippen LogP contribution in [-0.2, 0) is 17.6 Å². The molecule has 3 nitrogen and oxygen atoms in total. The number of para-hydroxylation sites is 4. The van der Waals surface area contributed by atoms with E-state index in [2.05, 4.69) is 60.7 Å². The lowest BCUT2D eigenvalue weighted by Crippen LogP contribution is -2.05. The summed E-state index contributed by atoms with van der Waals surface area (Å²) >= 11 is 0. The Bertz CT molecular complexity index is 1610. The third kappa shape index (κ3) is 4.33. The molecule has 2 heterocycles. The number of unbranched alkanes of at least 4 members (excludes halogenated alkanes) is 2. The van der Waals surface area contributed by atoms with E-state index in [9.17, 15) is 4.79 Å². The van der Waals surface area contributed by atoms with E-state index in [1.165, 1.54) is 16.3 Å². The van der Waals surface area contributed by atoms with Crippen molar-refractivity contribution in [2.75, 3.05) is 0 Å². The van der Waals surface area contributed by atoms with E-state index in [0.29, 0.717) is 18.6 Å². The summed E-state index contributed by atoms with van der Waals surface area (Å²) in [5, 5.41) is 4.65. The Morgan fingerprint density at radius 3 is 1.39 bits per heavy atom. The van der Waals surface area contributed by atoms with Gasteiger partial charge in [-0.25, -0.2) is 9.97 Å². The van der Waals surface area contributed by atoms with Gasteiger partial charge in [-0.05, 0) is 54.7 Å². The van der Waals surface area contributed by atoms with Crippen LogP contribution in [0.3, 0.4) is 0 Å². The highest BCUT2D eigenvalue weighted by molar-refractivity contribution is 6.01. The van der Waals surface area contributed by atoms with Gasteiger partial charge in [0.15, 0.2) is 0 Å². The molecule has 0 aliphatic rings. The van der Waals surface area contributed by atoms with Crippen LogP contribution in [0.1, 0.15) is 36.8 Å². The fraction of sp³-hybridized carbons (Fsp3) is 0.182. The number of hydrogen-bond donors (Lipinski definition) is 0. The van der Waals surface area contributed by atoms with Crippen LogP contribution in [0.4, 0.5) is 0 Å². The molecular formula is C33H28N2O. The van der Waals surface area contributed by atoms with Gasteiger partial charge >= 0.3 is 0 Å². The predicted octanol–water partition coefficient (Wildman–Crippen LogP) is 8.00. The summed E-state index contributed by atoms with van der Waals surface area (Å²) in [6.07, 6.45) is 5.09. The first-order valence-electron chi connectivity index (χ1n) is 12.8. The summed E-state index contributed by atoms with van der Waals surface area (Å²) in [4.78, 5) is 22.7. The van der Waals surface area contributed by atoms with Crippen molar-refractivity contribution in [2.24, 2.45) is 0 Å². The molecule has 0 unspecified atom stereocenters. The first-order valence-corrected chi connectivity index (χ1v) is 12.8. The third-order valence-electron chi connectivity index (χ3n) is 7.15.